The van der Waals surface area contributed by atoms with Crippen LogP contribution in [-0.2, 0) is 16.1 Å². The van der Waals surface area contributed by atoms with Gasteiger partial charge in [-0.25, -0.2) is 0 Å². The van der Waals surface area contributed by atoms with Crippen LogP contribution in [0, 0.1) is 0 Å². The Morgan fingerprint density at radius 3 is 2.26 bits per heavy atom. The molecule has 0 unspecified atom stereocenters. The molecule has 0 saturated carbocycles. The van der Waals surface area contributed by atoms with Crippen molar-refractivity contribution in [1.29, 1.82) is 0 Å². The monoisotopic (exact) mass is 415 g/mol. The molecule has 2 N–H and O–H groups in total. The first-order valence-electron chi connectivity index (χ1n) is 10.9. The number of hydrogen-bond donors (Lipinski definition) is 1. The lowest BCUT2D eigenvalue weighted by molar-refractivity contribution is -0.145. The van der Waals surface area contributed by atoms with E-state index < -0.39 is 0 Å². The van der Waals surface area contributed by atoms with E-state index in [4.69, 9.17) is 10.5 Å². The minimum absolute atomic E-state index is 0.0813. The average Bonchev–Trinajstić information content (AvgIpc) is 3.12. The summed E-state index contributed by atoms with van der Waals surface area (Å²) in [6, 6.07) is 22.6. The summed E-state index contributed by atoms with van der Waals surface area (Å²) >= 11 is 0. The predicted octanol–water partition coefficient (Wildman–Crippen LogP) is 3.98. The number of rotatable bonds is 10. The summed E-state index contributed by atoms with van der Waals surface area (Å²) in [5.74, 6) is -0.122. The maximum Gasteiger partial charge on any atom is 0.320 e. The smallest absolute Gasteiger partial charge is 0.320 e. The molecule has 0 aliphatic heterocycles. The minimum atomic E-state index is -0.203. The number of fused-ring (bicyclic) bond motifs is 3. The lowest BCUT2D eigenvalue weighted by atomic mass is 9.98. The highest BCUT2D eigenvalue weighted by Crippen LogP contribution is 2.44. The molecule has 1 aliphatic rings. The van der Waals surface area contributed by atoms with Crippen molar-refractivity contribution >= 4 is 5.97 Å². The second-order valence-electron chi connectivity index (χ2n) is 7.94. The van der Waals surface area contributed by atoms with Gasteiger partial charge < -0.3 is 10.5 Å². The molecule has 5 nitrogen and oxygen atoms in total. The fourth-order valence-corrected chi connectivity index (χ4v) is 4.26. The second kappa shape index (κ2) is 10.3. The molecule has 0 saturated heterocycles. The molecule has 1 heterocycles. The zero-order chi connectivity index (χ0) is 21.5. The number of carbonyl (C=O) groups excluding carboxylic acids is 1. The van der Waals surface area contributed by atoms with Crippen LogP contribution in [0.25, 0.3) is 11.1 Å². The number of pyridine rings is 1. The van der Waals surface area contributed by atoms with Gasteiger partial charge in [-0.3, -0.25) is 14.7 Å². The highest BCUT2D eigenvalue weighted by Gasteiger charge is 2.29. The summed E-state index contributed by atoms with van der Waals surface area (Å²) in [4.78, 5) is 19.2. The molecule has 0 atom stereocenters. The van der Waals surface area contributed by atoms with E-state index in [0.717, 1.165) is 25.1 Å². The van der Waals surface area contributed by atoms with E-state index >= 15 is 0 Å². The summed E-state index contributed by atoms with van der Waals surface area (Å²) in [5, 5.41) is 0. The minimum Gasteiger partial charge on any atom is -0.464 e. The molecule has 2 aromatic carbocycles. The van der Waals surface area contributed by atoms with Crippen molar-refractivity contribution in [1.82, 2.24) is 9.88 Å². The molecule has 1 aliphatic carbocycles. The molecule has 0 fully saturated rings. The molecule has 160 valence electrons. The topological polar surface area (TPSA) is 68.5 Å². The normalized spacial score (nSPS) is 12.6. The summed E-state index contributed by atoms with van der Waals surface area (Å²) in [6.45, 7) is 2.67. The van der Waals surface area contributed by atoms with Crippen LogP contribution < -0.4 is 5.73 Å². The molecular weight excluding hydrogens is 386 g/mol. The van der Waals surface area contributed by atoms with Crippen molar-refractivity contribution in [3.8, 4) is 11.1 Å². The number of benzene rings is 2. The Labute approximate surface area is 183 Å². The SMILES string of the molecule is NCCCCN(CC(=O)OCC1c2ccccc2-c2ccccc21)Cc1ccccn1. The molecule has 1 aromatic heterocycles. The summed E-state index contributed by atoms with van der Waals surface area (Å²) in [7, 11) is 0. The zero-order valence-corrected chi connectivity index (χ0v) is 17.7. The van der Waals surface area contributed by atoms with E-state index in [0.29, 0.717) is 19.7 Å². The lowest BCUT2D eigenvalue weighted by Crippen LogP contribution is -2.32. The van der Waals surface area contributed by atoms with E-state index in [1.807, 2.05) is 30.3 Å². The Kier molecular flexibility index (Phi) is 7.07. The first-order valence-corrected chi connectivity index (χ1v) is 10.9. The van der Waals surface area contributed by atoms with E-state index in [-0.39, 0.29) is 18.4 Å². The summed E-state index contributed by atoms with van der Waals surface area (Å²) < 4.78 is 5.79. The molecule has 4 rings (SSSR count). The van der Waals surface area contributed by atoms with Crippen molar-refractivity contribution in [2.75, 3.05) is 26.2 Å². The van der Waals surface area contributed by atoms with Crippen molar-refractivity contribution in [3.05, 3.63) is 89.7 Å². The molecule has 0 bridgehead atoms. The average molecular weight is 416 g/mol. The van der Waals surface area contributed by atoms with Crippen LogP contribution in [0.15, 0.2) is 72.9 Å². The van der Waals surface area contributed by atoms with E-state index in [9.17, 15) is 4.79 Å². The van der Waals surface area contributed by atoms with Gasteiger partial charge in [-0.2, -0.15) is 0 Å². The van der Waals surface area contributed by atoms with Crippen molar-refractivity contribution in [2.45, 2.75) is 25.3 Å². The number of esters is 1. The number of unbranched alkanes of at least 4 members (excludes halogenated alkanes) is 1. The molecule has 0 radical (unpaired) electrons. The van der Waals surface area contributed by atoms with Crippen LogP contribution in [0.4, 0.5) is 0 Å². The highest BCUT2D eigenvalue weighted by molar-refractivity contribution is 5.79. The standard InChI is InChI=1S/C26H29N3O2/c27-14-6-8-16-29(17-20-9-5-7-15-28-20)18-26(30)31-19-25-23-12-3-1-10-21(23)22-11-2-4-13-24(22)25/h1-5,7,9-13,15,25H,6,8,14,16-19,27H2. The Morgan fingerprint density at radius 1 is 0.935 bits per heavy atom. The van der Waals surface area contributed by atoms with Crippen molar-refractivity contribution in [2.24, 2.45) is 5.73 Å². The van der Waals surface area contributed by atoms with Crippen molar-refractivity contribution in [3.63, 3.8) is 0 Å². The fraction of sp³-hybridized carbons (Fsp3) is 0.308. The molecule has 3 aromatic rings. The number of hydrogen-bond acceptors (Lipinski definition) is 5. The van der Waals surface area contributed by atoms with Gasteiger partial charge in [-0.15, -0.1) is 0 Å². The van der Waals surface area contributed by atoms with Gasteiger partial charge in [-0.05, 0) is 60.3 Å². The number of carbonyl (C=O) groups is 1. The number of nitrogens with zero attached hydrogens (tertiary/aromatic N) is 2. The first-order chi connectivity index (χ1) is 15.3. The van der Waals surface area contributed by atoms with Gasteiger partial charge in [-0.1, -0.05) is 54.6 Å². The Balaban J connectivity index is 1.40. The van der Waals surface area contributed by atoms with Crippen LogP contribution >= 0.6 is 0 Å². The maximum atomic E-state index is 12.7. The third-order valence-corrected chi connectivity index (χ3v) is 5.77. The van der Waals surface area contributed by atoms with E-state index in [2.05, 4.69) is 46.3 Å². The van der Waals surface area contributed by atoms with Gasteiger partial charge in [0.05, 0.1) is 12.2 Å². The first kappa shape index (κ1) is 21.2. The molecule has 31 heavy (non-hydrogen) atoms. The van der Waals surface area contributed by atoms with Crippen molar-refractivity contribution < 1.29 is 9.53 Å². The molecule has 5 heteroatoms. The lowest BCUT2D eigenvalue weighted by Gasteiger charge is -2.22. The Bertz CT molecular complexity index is 961. The number of nitrogens with two attached hydrogens (primary N) is 1. The fourth-order valence-electron chi connectivity index (χ4n) is 4.26. The van der Waals surface area contributed by atoms with Gasteiger partial charge in [0.25, 0.3) is 0 Å². The van der Waals surface area contributed by atoms with E-state index in [1.54, 1.807) is 6.20 Å². The van der Waals surface area contributed by atoms with Crippen LogP contribution in [0.5, 0.6) is 0 Å². The van der Waals surface area contributed by atoms with Crippen LogP contribution in [0.3, 0.4) is 0 Å². The summed E-state index contributed by atoms with van der Waals surface area (Å²) in [5.41, 5.74) is 11.5. The Hall–Kier alpha value is -3.02. The second-order valence-corrected chi connectivity index (χ2v) is 7.94. The van der Waals surface area contributed by atoms with Crippen LogP contribution in [0.1, 0.15) is 35.6 Å². The number of ether oxygens (including phenoxy) is 1. The quantitative estimate of drug-likeness (QED) is 0.401. The number of aromatic nitrogens is 1. The molecular formula is C26H29N3O2. The highest BCUT2D eigenvalue weighted by atomic mass is 16.5. The Morgan fingerprint density at radius 2 is 1.61 bits per heavy atom. The van der Waals surface area contributed by atoms with Crippen LogP contribution in [-0.4, -0.2) is 42.1 Å². The molecule has 0 spiro atoms. The summed E-state index contributed by atoms with van der Waals surface area (Å²) in [6.07, 6.45) is 3.66. The van der Waals surface area contributed by atoms with Crippen LogP contribution in [0.2, 0.25) is 0 Å². The third kappa shape index (κ3) is 5.19. The largest absolute Gasteiger partial charge is 0.464 e. The van der Waals surface area contributed by atoms with Gasteiger partial charge in [0.2, 0.25) is 0 Å². The van der Waals surface area contributed by atoms with Gasteiger partial charge in [0.1, 0.15) is 6.61 Å². The maximum absolute atomic E-state index is 12.7. The van der Waals surface area contributed by atoms with Gasteiger partial charge in [0.15, 0.2) is 0 Å². The predicted molar refractivity (Wildman–Crippen MR) is 122 cm³/mol. The van der Waals surface area contributed by atoms with Gasteiger partial charge in [0, 0.05) is 18.7 Å². The van der Waals surface area contributed by atoms with E-state index in [1.165, 1.54) is 22.3 Å². The molecule has 0 amide bonds. The zero-order valence-electron chi connectivity index (χ0n) is 17.7. The third-order valence-electron chi connectivity index (χ3n) is 5.77. The van der Waals surface area contributed by atoms with Gasteiger partial charge >= 0.3 is 5.97 Å².